The van der Waals surface area contributed by atoms with Crippen LogP contribution in [0.1, 0.15) is 43.1 Å². The number of likely N-dealkylation sites (tertiary alicyclic amines) is 1. The molecule has 2 aromatic rings. The number of rotatable bonds is 5. The first kappa shape index (κ1) is 16.6. The summed E-state index contributed by atoms with van der Waals surface area (Å²) in [6.45, 7) is 7.48. The van der Waals surface area contributed by atoms with Gasteiger partial charge in [0.25, 0.3) is 0 Å². The molecule has 0 aliphatic carbocycles. The van der Waals surface area contributed by atoms with Gasteiger partial charge in [-0.05, 0) is 25.0 Å². The van der Waals surface area contributed by atoms with Gasteiger partial charge in [0.15, 0.2) is 0 Å². The zero-order valence-corrected chi connectivity index (χ0v) is 14.4. The predicted octanol–water partition coefficient (Wildman–Crippen LogP) is 1.26. The Morgan fingerprint density at radius 3 is 2.75 bits per heavy atom. The number of amides is 1. The number of nitrogens with zero attached hydrogens (tertiary/aromatic N) is 5. The maximum Gasteiger partial charge on any atom is 0.244 e. The van der Waals surface area contributed by atoms with Gasteiger partial charge < -0.3 is 10.6 Å². The van der Waals surface area contributed by atoms with Crippen molar-refractivity contribution < 1.29 is 4.79 Å². The summed E-state index contributed by atoms with van der Waals surface area (Å²) in [4.78, 5) is 23.1. The number of aryl methyl sites for hydroxylation is 1. The molecule has 7 nitrogen and oxygen atoms in total. The summed E-state index contributed by atoms with van der Waals surface area (Å²) in [6.07, 6.45) is 1.79. The quantitative estimate of drug-likeness (QED) is 0.892. The molecule has 0 bridgehead atoms. The highest BCUT2D eigenvalue weighted by atomic mass is 16.2. The molecule has 7 heteroatoms. The van der Waals surface area contributed by atoms with Gasteiger partial charge in [-0.25, -0.2) is 9.67 Å². The van der Waals surface area contributed by atoms with Crippen LogP contribution in [0.2, 0.25) is 0 Å². The lowest BCUT2D eigenvalue weighted by atomic mass is 9.95. The van der Waals surface area contributed by atoms with E-state index in [1.807, 2.05) is 43.9 Å². The third kappa shape index (κ3) is 3.31. The summed E-state index contributed by atoms with van der Waals surface area (Å²) >= 11 is 0. The molecule has 1 aliphatic rings. The van der Waals surface area contributed by atoms with E-state index in [2.05, 4.69) is 15.1 Å². The molecule has 1 saturated heterocycles. The molecule has 3 heterocycles. The average Bonchev–Trinajstić information content (AvgIpc) is 2.86. The maximum absolute atomic E-state index is 12.5. The standard InChI is InChI=1S/C17H24N6O/c1-11(2)16(18)17-20-12(3)21-23(17)10-15(24)22-8-13(9-22)14-6-4-5-7-19-14/h4-7,11,13,16H,8-10,18H2,1-3H3/t16-/m0/s1. The molecule has 0 unspecified atom stereocenters. The third-order valence-corrected chi connectivity index (χ3v) is 4.45. The summed E-state index contributed by atoms with van der Waals surface area (Å²) < 4.78 is 1.65. The van der Waals surface area contributed by atoms with Crippen LogP contribution in [0.25, 0.3) is 0 Å². The Hall–Kier alpha value is -2.28. The molecule has 24 heavy (non-hydrogen) atoms. The van der Waals surface area contributed by atoms with Crippen molar-refractivity contribution in [3.05, 3.63) is 41.7 Å². The Kier molecular flexibility index (Phi) is 4.62. The Morgan fingerprint density at radius 2 is 2.12 bits per heavy atom. The topological polar surface area (TPSA) is 89.9 Å². The van der Waals surface area contributed by atoms with Crippen LogP contribution in [-0.4, -0.2) is 43.6 Å². The van der Waals surface area contributed by atoms with Gasteiger partial charge in [-0.15, -0.1) is 0 Å². The van der Waals surface area contributed by atoms with Gasteiger partial charge in [0, 0.05) is 30.9 Å². The van der Waals surface area contributed by atoms with Crippen molar-refractivity contribution in [2.24, 2.45) is 11.7 Å². The number of hydrogen-bond donors (Lipinski definition) is 1. The van der Waals surface area contributed by atoms with E-state index in [1.165, 1.54) is 0 Å². The van der Waals surface area contributed by atoms with Crippen LogP contribution in [0.4, 0.5) is 0 Å². The molecular weight excluding hydrogens is 304 g/mol. The average molecular weight is 328 g/mol. The van der Waals surface area contributed by atoms with Gasteiger partial charge in [0.2, 0.25) is 5.91 Å². The molecule has 2 N–H and O–H groups in total. The first-order valence-electron chi connectivity index (χ1n) is 8.31. The van der Waals surface area contributed by atoms with E-state index in [0.717, 1.165) is 5.69 Å². The van der Waals surface area contributed by atoms with Gasteiger partial charge in [-0.1, -0.05) is 19.9 Å². The summed E-state index contributed by atoms with van der Waals surface area (Å²) in [6, 6.07) is 5.66. The molecule has 1 amide bonds. The highest BCUT2D eigenvalue weighted by Crippen LogP contribution is 2.25. The fourth-order valence-electron chi connectivity index (χ4n) is 2.85. The summed E-state index contributed by atoms with van der Waals surface area (Å²) in [5, 5.41) is 4.34. The van der Waals surface area contributed by atoms with Gasteiger partial charge >= 0.3 is 0 Å². The zero-order chi connectivity index (χ0) is 17.3. The second kappa shape index (κ2) is 6.68. The van der Waals surface area contributed by atoms with Gasteiger partial charge in [-0.3, -0.25) is 9.78 Å². The van der Waals surface area contributed by atoms with Crippen molar-refractivity contribution in [1.82, 2.24) is 24.6 Å². The molecule has 1 aliphatic heterocycles. The SMILES string of the molecule is Cc1nc([C@@H](N)C(C)C)n(CC(=O)N2CC(c3ccccn3)C2)n1. The minimum atomic E-state index is -0.225. The van der Waals surface area contributed by atoms with Crippen LogP contribution in [0.3, 0.4) is 0 Å². The lowest BCUT2D eigenvalue weighted by Gasteiger charge is -2.39. The zero-order valence-electron chi connectivity index (χ0n) is 14.4. The van der Waals surface area contributed by atoms with E-state index >= 15 is 0 Å². The van der Waals surface area contributed by atoms with Crippen LogP contribution in [-0.2, 0) is 11.3 Å². The first-order valence-corrected chi connectivity index (χ1v) is 8.31. The highest BCUT2D eigenvalue weighted by molar-refractivity contribution is 5.77. The van der Waals surface area contributed by atoms with Crippen molar-refractivity contribution in [3.8, 4) is 0 Å². The Labute approximate surface area is 141 Å². The van der Waals surface area contributed by atoms with Gasteiger partial charge in [-0.2, -0.15) is 5.10 Å². The van der Waals surface area contributed by atoms with Crippen LogP contribution < -0.4 is 5.73 Å². The van der Waals surface area contributed by atoms with E-state index in [-0.39, 0.29) is 24.4 Å². The van der Waals surface area contributed by atoms with E-state index in [1.54, 1.807) is 10.9 Å². The minimum Gasteiger partial charge on any atom is -0.340 e. The maximum atomic E-state index is 12.5. The first-order chi connectivity index (χ1) is 11.5. The third-order valence-electron chi connectivity index (χ3n) is 4.45. The Morgan fingerprint density at radius 1 is 1.38 bits per heavy atom. The second-order valence-electron chi connectivity index (χ2n) is 6.69. The number of carbonyl (C=O) groups excluding carboxylic acids is 1. The smallest absolute Gasteiger partial charge is 0.244 e. The van der Waals surface area contributed by atoms with Crippen LogP contribution in [0.5, 0.6) is 0 Å². The predicted molar refractivity (Wildman–Crippen MR) is 90.1 cm³/mol. The van der Waals surface area contributed by atoms with Gasteiger partial charge in [0.05, 0.1) is 6.04 Å². The number of nitrogens with two attached hydrogens (primary N) is 1. The molecule has 1 atom stereocenters. The fourth-order valence-corrected chi connectivity index (χ4v) is 2.85. The molecule has 0 saturated carbocycles. The molecule has 128 valence electrons. The molecule has 1 fully saturated rings. The minimum absolute atomic E-state index is 0.0456. The Balaban J connectivity index is 1.63. The molecule has 0 radical (unpaired) electrons. The Bertz CT molecular complexity index is 705. The van der Waals surface area contributed by atoms with Crippen molar-refractivity contribution in [2.45, 2.75) is 39.3 Å². The summed E-state index contributed by atoms with van der Waals surface area (Å²) in [5.74, 6) is 1.93. The molecule has 3 rings (SSSR count). The summed E-state index contributed by atoms with van der Waals surface area (Å²) in [7, 11) is 0. The van der Waals surface area contributed by atoms with Crippen molar-refractivity contribution in [3.63, 3.8) is 0 Å². The normalized spacial score (nSPS) is 16.3. The highest BCUT2D eigenvalue weighted by Gasteiger charge is 2.33. The number of aromatic nitrogens is 4. The lowest BCUT2D eigenvalue weighted by molar-refractivity contribution is -0.136. The van der Waals surface area contributed by atoms with E-state index in [9.17, 15) is 4.79 Å². The largest absolute Gasteiger partial charge is 0.340 e. The lowest BCUT2D eigenvalue weighted by Crippen LogP contribution is -2.50. The second-order valence-corrected chi connectivity index (χ2v) is 6.69. The van der Waals surface area contributed by atoms with E-state index in [0.29, 0.717) is 30.7 Å². The number of hydrogen-bond acceptors (Lipinski definition) is 5. The monoisotopic (exact) mass is 328 g/mol. The van der Waals surface area contributed by atoms with Crippen LogP contribution >= 0.6 is 0 Å². The molecule has 0 aromatic carbocycles. The number of pyridine rings is 1. The fraction of sp³-hybridized carbons (Fsp3) is 0.529. The van der Waals surface area contributed by atoms with Crippen molar-refractivity contribution >= 4 is 5.91 Å². The van der Waals surface area contributed by atoms with Crippen LogP contribution in [0, 0.1) is 12.8 Å². The van der Waals surface area contributed by atoms with E-state index in [4.69, 9.17) is 5.73 Å². The van der Waals surface area contributed by atoms with Crippen molar-refractivity contribution in [1.29, 1.82) is 0 Å². The number of carbonyl (C=O) groups is 1. The van der Waals surface area contributed by atoms with Gasteiger partial charge in [0.1, 0.15) is 18.2 Å². The van der Waals surface area contributed by atoms with E-state index < -0.39 is 0 Å². The molecule has 2 aromatic heterocycles. The molecular formula is C17H24N6O. The van der Waals surface area contributed by atoms with Crippen molar-refractivity contribution in [2.75, 3.05) is 13.1 Å². The molecule has 0 spiro atoms. The summed E-state index contributed by atoms with van der Waals surface area (Å²) in [5.41, 5.74) is 7.23. The van der Waals surface area contributed by atoms with Crippen LogP contribution in [0.15, 0.2) is 24.4 Å².